The Morgan fingerprint density at radius 3 is 2.67 bits per heavy atom. The molecule has 21 heavy (non-hydrogen) atoms. The SMILES string of the molecule is CC(C)COCCNS(=O)(=O)Cc1ccccc1C(N)=S. The monoisotopic (exact) mass is 330 g/mol. The van der Waals surface area contributed by atoms with Crippen molar-refractivity contribution in [2.24, 2.45) is 11.7 Å². The summed E-state index contributed by atoms with van der Waals surface area (Å²) in [5, 5.41) is 0. The van der Waals surface area contributed by atoms with Crippen LogP contribution in [0.5, 0.6) is 0 Å². The van der Waals surface area contributed by atoms with Crippen LogP contribution in [0.25, 0.3) is 0 Å². The van der Waals surface area contributed by atoms with Gasteiger partial charge in [-0.1, -0.05) is 50.3 Å². The molecular formula is C14H22N2O3S2. The van der Waals surface area contributed by atoms with Gasteiger partial charge in [-0.3, -0.25) is 0 Å². The fourth-order valence-corrected chi connectivity index (χ4v) is 3.09. The minimum Gasteiger partial charge on any atom is -0.389 e. The van der Waals surface area contributed by atoms with Gasteiger partial charge in [-0.2, -0.15) is 0 Å². The quantitative estimate of drug-likeness (QED) is 0.528. The molecular weight excluding hydrogens is 308 g/mol. The number of nitrogens with one attached hydrogen (secondary N) is 1. The molecule has 0 saturated carbocycles. The molecule has 0 unspecified atom stereocenters. The molecule has 0 heterocycles. The predicted octanol–water partition coefficient (Wildman–Crippen LogP) is 1.41. The van der Waals surface area contributed by atoms with E-state index in [0.717, 1.165) is 0 Å². The van der Waals surface area contributed by atoms with Gasteiger partial charge >= 0.3 is 0 Å². The molecule has 1 aromatic rings. The molecule has 3 N–H and O–H groups in total. The van der Waals surface area contributed by atoms with Gasteiger partial charge in [-0.05, 0) is 11.5 Å². The lowest BCUT2D eigenvalue weighted by Crippen LogP contribution is -2.29. The van der Waals surface area contributed by atoms with E-state index in [2.05, 4.69) is 4.72 Å². The third-order valence-corrected chi connectivity index (χ3v) is 4.20. The summed E-state index contributed by atoms with van der Waals surface area (Å²) in [5.41, 5.74) is 6.79. The second-order valence-electron chi connectivity index (χ2n) is 5.14. The van der Waals surface area contributed by atoms with Crippen LogP contribution in [0, 0.1) is 5.92 Å². The van der Waals surface area contributed by atoms with Crippen molar-refractivity contribution < 1.29 is 13.2 Å². The lowest BCUT2D eigenvalue weighted by molar-refractivity contribution is 0.114. The zero-order valence-corrected chi connectivity index (χ0v) is 14.0. The number of hydrogen-bond acceptors (Lipinski definition) is 4. The third kappa shape index (κ3) is 6.99. The maximum Gasteiger partial charge on any atom is 0.215 e. The first-order valence-electron chi connectivity index (χ1n) is 6.74. The number of thiocarbonyl (C=S) groups is 1. The topological polar surface area (TPSA) is 81.4 Å². The van der Waals surface area contributed by atoms with Crippen LogP contribution in [0.2, 0.25) is 0 Å². The van der Waals surface area contributed by atoms with Gasteiger partial charge in [0, 0.05) is 18.7 Å². The number of hydrogen-bond donors (Lipinski definition) is 2. The van der Waals surface area contributed by atoms with E-state index in [1.165, 1.54) is 0 Å². The molecule has 0 aliphatic heterocycles. The Morgan fingerprint density at radius 1 is 1.38 bits per heavy atom. The summed E-state index contributed by atoms with van der Waals surface area (Å²) in [7, 11) is -3.44. The van der Waals surface area contributed by atoms with Gasteiger partial charge in [-0.25, -0.2) is 13.1 Å². The first kappa shape index (κ1) is 18.0. The number of benzene rings is 1. The van der Waals surface area contributed by atoms with Crippen molar-refractivity contribution in [3.63, 3.8) is 0 Å². The molecule has 118 valence electrons. The number of nitrogens with two attached hydrogens (primary N) is 1. The molecule has 0 saturated heterocycles. The van der Waals surface area contributed by atoms with E-state index in [1.54, 1.807) is 24.3 Å². The van der Waals surface area contributed by atoms with Crippen molar-refractivity contribution >= 4 is 27.2 Å². The highest BCUT2D eigenvalue weighted by molar-refractivity contribution is 7.88. The van der Waals surface area contributed by atoms with Crippen LogP contribution in [-0.2, 0) is 20.5 Å². The Bertz CT molecular complexity index is 571. The predicted molar refractivity (Wildman–Crippen MR) is 88.6 cm³/mol. The highest BCUT2D eigenvalue weighted by Gasteiger charge is 2.14. The van der Waals surface area contributed by atoms with Crippen LogP contribution in [0.3, 0.4) is 0 Å². The molecule has 0 radical (unpaired) electrons. The van der Waals surface area contributed by atoms with E-state index >= 15 is 0 Å². The molecule has 7 heteroatoms. The average molecular weight is 330 g/mol. The summed E-state index contributed by atoms with van der Waals surface area (Å²) < 4.78 is 31.9. The van der Waals surface area contributed by atoms with E-state index in [0.29, 0.717) is 30.3 Å². The lowest BCUT2D eigenvalue weighted by atomic mass is 10.1. The Hall–Kier alpha value is -1.02. The van der Waals surface area contributed by atoms with Crippen molar-refractivity contribution in [3.8, 4) is 0 Å². The summed E-state index contributed by atoms with van der Waals surface area (Å²) in [6, 6.07) is 6.97. The average Bonchev–Trinajstić information content (AvgIpc) is 2.37. The molecule has 0 amide bonds. The van der Waals surface area contributed by atoms with Crippen molar-refractivity contribution in [1.29, 1.82) is 0 Å². The second-order valence-corrected chi connectivity index (χ2v) is 7.39. The van der Waals surface area contributed by atoms with Crippen LogP contribution in [0.1, 0.15) is 25.0 Å². The molecule has 5 nitrogen and oxygen atoms in total. The maximum atomic E-state index is 12.0. The zero-order valence-electron chi connectivity index (χ0n) is 12.3. The number of ether oxygens (including phenoxy) is 1. The molecule has 0 fully saturated rings. The Labute approximate surface area is 131 Å². The minimum atomic E-state index is -3.44. The summed E-state index contributed by atoms with van der Waals surface area (Å²) in [6.45, 7) is 5.30. The normalized spacial score (nSPS) is 11.8. The van der Waals surface area contributed by atoms with Crippen LogP contribution >= 0.6 is 12.2 Å². The van der Waals surface area contributed by atoms with E-state index in [-0.39, 0.29) is 17.3 Å². The van der Waals surface area contributed by atoms with Crippen molar-refractivity contribution in [2.75, 3.05) is 19.8 Å². The summed E-state index contributed by atoms with van der Waals surface area (Å²) in [6.07, 6.45) is 0. The molecule has 0 atom stereocenters. The van der Waals surface area contributed by atoms with Gasteiger partial charge in [-0.15, -0.1) is 0 Å². The van der Waals surface area contributed by atoms with E-state index in [9.17, 15) is 8.42 Å². The van der Waals surface area contributed by atoms with Crippen LogP contribution in [-0.4, -0.2) is 33.2 Å². The Morgan fingerprint density at radius 2 is 2.05 bits per heavy atom. The standard InChI is InChI=1S/C14H22N2O3S2/c1-11(2)9-19-8-7-16-21(17,18)10-12-5-3-4-6-13(12)14(15)20/h3-6,11,16H,7-10H2,1-2H3,(H2,15,20). The number of sulfonamides is 1. The van der Waals surface area contributed by atoms with Gasteiger partial charge in [0.15, 0.2) is 0 Å². The van der Waals surface area contributed by atoms with E-state index in [4.69, 9.17) is 22.7 Å². The van der Waals surface area contributed by atoms with Gasteiger partial charge in [0.05, 0.1) is 12.4 Å². The Kier molecular flexibility index (Phi) is 7.24. The molecule has 0 spiro atoms. The first-order chi connectivity index (χ1) is 9.82. The fraction of sp³-hybridized carbons (Fsp3) is 0.500. The van der Waals surface area contributed by atoms with Gasteiger partial charge in [0.1, 0.15) is 4.99 Å². The van der Waals surface area contributed by atoms with E-state index < -0.39 is 10.0 Å². The smallest absolute Gasteiger partial charge is 0.215 e. The molecule has 0 aromatic heterocycles. The Balaban J connectivity index is 2.55. The zero-order chi connectivity index (χ0) is 15.9. The number of rotatable bonds is 9. The highest BCUT2D eigenvalue weighted by atomic mass is 32.2. The second kappa shape index (κ2) is 8.43. The van der Waals surface area contributed by atoms with Crippen LogP contribution in [0.4, 0.5) is 0 Å². The van der Waals surface area contributed by atoms with E-state index in [1.807, 2.05) is 13.8 Å². The lowest BCUT2D eigenvalue weighted by Gasteiger charge is -2.11. The summed E-state index contributed by atoms with van der Waals surface area (Å²) in [4.78, 5) is 0.195. The molecule has 0 aliphatic carbocycles. The molecule has 1 aromatic carbocycles. The van der Waals surface area contributed by atoms with Crippen molar-refractivity contribution in [1.82, 2.24) is 4.72 Å². The van der Waals surface area contributed by atoms with Gasteiger partial charge in [0.2, 0.25) is 10.0 Å². The van der Waals surface area contributed by atoms with Crippen molar-refractivity contribution in [2.45, 2.75) is 19.6 Å². The molecule has 0 bridgehead atoms. The van der Waals surface area contributed by atoms with Gasteiger partial charge < -0.3 is 10.5 Å². The third-order valence-electron chi connectivity index (χ3n) is 2.65. The highest BCUT2D eigenvalue weighted by Crippen LogP contribution is 2.12. The van der Waals surface area contributed by atoms with Crippen LogP contribution < -0.4 is 10.5 Å². The van der Waals surface area contributed by atoms with Crippen LogP contribution in [0.15, 0.2) is 24.3 Å². The molecule has 0 aliphatic rings. The summed E-state index contributed by atoms with van der Waals surface area (Å²) >= 11 is 4.93. The molecule has 1 rings (SSSR count). The minimum absolute atomic E-state index is 0.148. The first-order valence-corrected chi connectivity index (χ1v) is 8.80. The maximum absolute atomic E-state index is 12.0. The largest absolute Gasteiger partial charge is 0.389 e. The summed E-state index contributed by atoms with van der Waals surface area (Å²) in [5.74, 6) is 0.282. The fourth-order valence-electron chi connectivity index (χ4n) is 1.73. The van der Waals surface area contributed by atoms with Crippen molar-refractivity contribution in [3.05, 3.63) is 35.4 Å². The van der Waals surface area contributed by atoms with Gasteiger partial charge in [0.25, 0.3) is 0 Å².